The SMILES string of the molecule is C[N+](C)(C)CC(O)CNCCCNc1nc(Nc2ccccc2)nc(Nc2ccc(/C=C/c3ccc(Nc4nc(NCCCNCC(O)C[N+](C)(C)C)nc(Nc5ccccc5)n4)cc3S(=O)(=O)[O-])c(SOO[O-])c2)n1. The van der Waals surface area contributed by atoms with Crippen molar-refractivity contribution in [2.45, 2.75) is 34.8 Å². The lowest BCUT2D eigenvalue weighted by Gasteiger charge is -2.26. The van der Waals surface area contributed by atoms with Crippen molar-refractivity contribution in [1.82, 2.24) is 40.5 Å². The van der Waals surface area contributed by atoms with Gasteiger partial charge in [0.2, 0.25) is 35.7 Å². The molecule has 2 atom stereocenters. The number of aliphatic hydroxyl groups is 2. The van der Waals surface area contributed by atoms with Crippen molar-refractivity contribution in [3.05, 3.63) is 108 Å². The van der Waals surface area contributed by atoms with E-state index in [-0.39, 0.29) is 41.0 Å². The Morgan fingerprint density at radius 3 is 1.41 bits per heavy atom. The summed E-state index contributed by atoms with van der Waals surface area (Å²) in [6.07, 6.45) is 3.44. The minimum atomic E-state index is -5.04. The van der Waals surface area contributed by atoms with Gasteiger partial charge >= 0.3 is 0 Å². The minimum Gasteiger partial charge on any atom is -0.744 e. The second-order valence-corrected chi connectivity index (χ2v) is 21.7. The summed E-state index contributed by atoms with van der Waals surface area (Å²) in [4.78, 5) is 27.1. The minimum absolute atomic E-state index is 0.0616. The molecule has 2 unspecified atom stereocenters. The van der Waals surface area contributed by atoms with Crippen LogP contribution in [-0.4, -0.2) is 169 Å². The van der Waals surface area contributed by atoms with Gasteiger partial charge in [-0.05, 0) is 85.6 Å². The molecule has 10 N–H and O–H groups in total. The number of nitrogens with zero attached hydrogens (tertiary/aromatic N) is 8. The maximum Gasteiger partial charge on any atom is 0.233 e. The average molecular weight is 1090 g/mol. The van der Waals surface area contributed by atoms with E-state index in [0.29, 0.717) is 114 Å². The molecule has 4 aromatic carbocycles. The molecule has 0 amide bonds. The highest BCUT2D eigenvalue weighted by molar-refractivity contribution is 7.94. The molecule has 76 heavy (non-hydrogen) atoms. The smallest absolute Gasteiger partial charge is 0.233 e. The van der Waals surface area contributed by atoms with Crippen LogP contribution < -0.4 is 47.8 Å². The van der Waals surface area contributed by atoms with E-state index in [2.05, 4.69) is 77.5 Å². The highest BCUT2D eigenvalue weighted by atomic mass is 32.2. The number of anilines is 10. The van der Waals surface area contributed by atoms with E-state index in [0.717, 1.165) is 5.69 Å². The lowest BCUT2D eigenvalue weighted by atomic mass is 10.1. The van der Waals surface area contributed by atoms with Gasteiger partial charge in [-0.3, -0.25) is 5.04 Å². The van der Waals surface area contributed by atoms with Gasteiger partial charge in [-0.25, -0.2) is 8.42 Å². The van der Waals surface area contributed by atoms with Gasteiger partial charge in [0.1, 0.15) is 35.4 Å². The first kappa shape index (κ1) is 58.6. The van der Waals surface area contributed by atoms with Gasteiger partial charge < -0.3 is 71.5 Å². The summed E-state index contributed by atoms with van der Waals surface area (Å²) in [5.41, 5.74) is 2.68. The Hall–Kier alpha value is -6.66. The zero-order chi connectivity index (χ0) is 54.6. The van der Waals surface area contributed by atoms with Crippen LogP contribution in [-0.2, 0) is 19.5 Å². The van der Waals surface area contributed by atoms with Crippen molar-refractivity contribution < 1.29 is 46.8 Å². The number of hydrogen-bond acceptors (Lipinski definition) is 23. The Morgan fingerprint density at radius 1 is 0.566 bits per heavy atom. The number of rotatable bonds is 32. The third kappa shape index (κ3) is 21.2. The molecule has 408 valence electrons. The average Bonchev–Trinajstić information content (AvgIpc) is 3.34. The number of likely N-dealkylation sites (N-methyl/N-ethyl adjacent to an activating group) is 2. The first-order valence-corrected chi connectivity index (χ1v) is 26.5. The third-order valence-electron chi connectivity index (χ3n) is 10.6. The van der Waals surface area contributed by atoms with Crippen molar-refractivity contribution in [3.8, 4) is 0 Å². The largest absolute Gasteiger partial charge is 0.744 e. The van der Waals surface area contributed by atoms with Crippen molar-refractivity contribution in [2.75, 3.05) is 127 Å². The van der Waals surface area contributed by atoms with E-state index in [1.807, 2.05) is 103 Å². The second-order valence-electron chi connectivity index (χ2n) is 19.6. The first-order chi connectivity index (χ1) is 36.3. The number of hydrogen-bond donors (Lipinski definition) is 10. The lowest BCUT2D eigenvalue weighted by molar-refractivity contribution is -0.873. The van der Waals surface area contributed by atoms with Crippen LogP contribution in [0.3, 0.4) is 0 Å². The van der Waals surface area contributed by atoms with Gasteiger partial charge in [0.15, 0.2) is 0 Å². The molecule has 6 aromatic rings. The Labute approximate surface area is 447 Å². The molecule has 26 heteroatoms. The van der Waals surface area contributed by atoms with Crippen LogP contribution in [0.5, 0.6) is 0 Å². The first-order valence-electron chi connectivity index (χ1n) is 24.4. The third-order valence-corrected chi connectivity index (χ3v) is 12.2. The summed E-state index contributed by atoms with van der Waals surface area (Å²) in [5.74, 6) is 1.23. The predicted octanol–water partition coefficient (Wildman–Crippen LogP) is 4.25. The number of quaternary nitrogens is 2. The Bertz CT molecular complexity index is 2900. The summed E-state index contributed by atoms with van der Waals surface area (Å²) in [5, 5.41) is 60.9. The maximum absolute atomic E-state index is 12.8. The summed E-state index contributed by atoms with van der Waals surface area (Å²) >= 11 is 0.605. The highest BCUT2D eigenvalue weighted by Crippen LogP contribution is 2.32. The fourth-order valence-corrected chi connectivity index (χ4v) is 8.67. The van der Waals surface area contributed by atoms with Crippen molar-refractivity contribution >= 4 is 92.8 Å². The van der Waals surface area contributed by atoms with Crippen molar-refractivity contribution in [2.24, 2.45) is 0 Å². The normalized spacial score (nSPS) is 12.8. The molecule has 0 radical (unpaired) electrons. The van der Waals surface area contributed by atoms with E-state index in [4.69, 9.17) is 4.33 Å². The second kappa shape index (κ2) is 28.5. The van der Waals surface area contributed by atoms with Crippen molar-refractivity contribution in [3.63, 3.8) is 0 Å². The van der Waals surface area contributed by atoms with E-state index < -0.39 is 27.2 Å². The molecule has 0 saturated heterocycles. The van der Waals surface area contributed by atoms with Crippen LogP contribution in [0, 0.1) is 0 Å². The molecular weight excluding hydrogens is 1020 g/mol. The molecule has 6 rings (SSSR count). The molecule has 2 heterocycles. The molecule has 0 bridgehead atoms. The van der Waals surface area contributed by atoms with Crippen LogP contribution in [0.25, 0.3) is 12.2 Å². The van der Waals surface area contributed by atoms with E-state index in [1.54, 1.807) is 30.3 Å². The number of nitrogens with one attached hydrogen (secondary N) is 8. The van der Waals surface area contributed by atoms with E-state index >= 15 is 0 Å². The standard InChI is InChI=1S/C50H68N16O8S2/c1-65(2,3)33-41(67)31-51-25-13-27-53-45-59-47(55-37-15-9-7-10-16-37)63-49(61-45)57-39-23-21-35(43(29-39)75-74-73-69)19-20-36-22-24-40(30-44(36)76(70,71)72)58-50-62-46(60-48(64-50)56-38-17-11-8-12-18-38)54-28-14-26-52-32-42(68)34-66(4,5)6/h7-12,15-24,29-30,41-42,51-52,67-68H,13-14,25-28,31-34H2,1-6H3,(H6-2,53,54,55,56,57,58,59,60,61,62,63,64,69,70,71,72)/b20-19+. The van der Waals surface area contributed by atoms with E-state index in [1.165, 1.54) is 18.2 Å². The molecule has 0 aliphatic carbocycles. The zero-order valence-electron chi connectivity index (χ0n) is 43.4. The van der Waals surface area contributed by atoms with Crippen LogP contribution in [0.2, 0.25) is 0 Å². The molecule has 2 aromatic heterocycles. The molecule has 0 saturated carbocycles. The Balaban J connectivity index is 1.17. The molecular formula is C50H68N16O8S2. The van der Waals surface area contributed by atoms with Crippen molar-refractivity contribution in [1.29, 1.82) is 0 Å². The van der Waals surface area contributed by atoms with E-state index in [9.17, 15) is 28.4 Å². The monoisotopic (exact) mass is 1080 g/mol. The number of aliphatic hydroxyl groups excluding tert-OH is 2. The summed E-state index contributed by atoms with van der Waals surface area (Å²) < 4.78 is 44.4. The lowest BCUT2D eigenvalue weighted by Crippen LogP contribution is -2.45. The van der Waals surface area contributed by atoms with Crippen LogP contribution in [0.15, 0.2) is 107 Å². The molecule has 0 aliphatic heterocycles. The fraction of sp³-hybridized carbons (Fsp3) is 0.360. The molecule has 24 nitrogen and oxygen atoms in total. The molecule has 0 fully saturated rings. The molecule has 0 aliphatic rings. The number of aromatic nitrogens is 6. The predicted molar refractivity (Wildman–Crippen MR) is 293 cm³/mol. The van der Waals surface area contributed by atoms with Gasteiger partial charge in [-0.2, -0.15) is 34.2 Å². The fourth-order valence-electron chi connectivity index (χ4n) is 7.47. The quantitative estimate of drug-likeness (QED) is 0.00537. The van der Waals surface area contributed by atoms with Gasteiger partial charge in [-0.15, -0.1) is 0 Å². The van der Waals surface area contributed by atoms with Gasteiger partial charge in [-0.1, -0.05) is 60.7 Å². The Morgan fingerprint density at radius 2 is 0.974 bits per heavy atom. The highest BCUT2D eigenvalue weighted by Gasteiger charge is 2.18. The van der Waals surface area contributed by atoms with Crippen LogP contribution in [0.1, 0.15) is 24.0 Å². The van der Waals surface area contributed by atoms with Gasteiger partial charge in [0.05, 0.1) is 59.2 Å². The number of para-hydroxylation sites is 2. The zero-order valence-corrected chi connectivity index (χ0v) is 45.0. The number of benzene rings is 4. The van der Waals surface area contributed by atoms with Gasteiger partial charge in [0, 0.05) is 53.8 Å². The topological polar surface area (TPSA) is 313 Å². The summed E-state index contributed by atoms with van der Waals surface area (Å²) in [7, 11) is 7.12. The summed E-state index contributed by atoms with van der Waals surface area (Å²) in [6.45, 7) is 4.46. The van der Waals surface area contributed by atoms with Crippen LogP contribution >= 0.6 is 12.0 Å². The Kier molecular flexibility index (Phi) is 21.9. The van der Waals surface area contributed by atoms with Gasteiger partial charge in [0.25, 0.3) is 0 Å². The van der Waals surface area contributed by atoms with Crippen LogP contribution in [0.4, 0.5) is 58.4 Å². The molecule has 0 spiro atoms. The summed E-state index contributed by atoms with van der Waals surface area (Å²) in [6, 6.07) is 27.9. The maximum atomic E-state index is 12.8.